The van der Waals surface area contributed by atoms with Crippen molar-refractivity contribution in [2.45, 2.75) is 38.0 Å². The molecule has 2 N–H and O–H groups in total. The summed E-state index contributed by atoms with van der Waals surface area (Å²) >= 11 is 0. The Bertz CT molecular complexity index is 465. The van der Waals surface area contributed by atoms with Crippen LogP contribution in [0.15, 0.2) is 18.2 Å². The third kappa shape index (κ3) is 2.53. The van der Waals surface area contributed by atoms with E-state index in [0.717, 1.165) is 30.8 Å². The molecular weight excluding hydrogens is 243 g/mol. The van der Waals surface area contributed by atoms with Crippen LogP contribution in [0.4, 0.5) is 4.39 Å². The van der Waals surface area contributed by atoms with Gasteiger partial charge in [0.25, 0.3) is 0 Å². The number of hydrogen-bond acceptors (Lipinski definition) is 3. The molecule has 0 saturated carbocycles. The quantitative estimate of drug-likeness (QED) is 0.888. The normalized spacial score (nSPS) is 29.2. The average molecular weight is 264 g/mol. The fourth-order valence-electron chi connectivity index (χ4n) is 3.27. The molecule has 4 heteroatoms. The third-order valence-electron chi connectivity index (χ3n) is 4.41. The smallest absolute Gasteiger partial charge is 0.123 e. The zero-order valence-electron chi connectivity index (χ0n) is 11.3. The molecule has 104 valence electrons. The van der Waals surface area contributed by atoms with Crippen molar-refractivity contribution in [3.05, 3.63) is 35.1 Å². The van der Waals surface area contributed by atoms with E-state index in [2.05, 4.69) is 4.90 Å². The molecule has 2 aliphatic rings. The number of hydrogen-bond donors (Lipinski definition) is 1. The van der Waals surface area contributed by atoms with Gasteiger partial charge >= 0.3 is 0 Å². The van der Waals surface area contributed by atoms with E-state index in [0.29, 0.717) is 6.04 Å². The second-order valence-electron chi connectivity index (χ2n) is 5.69. The van der Waals surface area contributed by atoms with Gasteiger partial charge in [0.2, 0.25) is 0 Å². The Morgan fingerprint density at radius 2 is 2.32 bits per heavy atom. The Labute approximate surface area is 113 Å². The van der Waals surface area contributed by atoms with Crippen molar-refractivity contribution in [2.75, 3.05) is 19.7 Å². The van der Waals surface area contributed by atoms with Crippen LogP contribution in [-0.2, 0) is 4.74 Å². The SMILES string of the molecule is Cc1cc(F)ccc1C(N)C1CN2CCCC2CO1. The molecule has 0 spiro atoms. The van der Waals surface area contributed by atoms with Crippen LogP contribution in [0.2, 0.25) is 0 Å². The molecule has 3 nitrogen and oxygen atoms in total. The summed E-state index contributed by atoms with van der Waals surface area (Å²) in [5.41, 5.74) is 8.22. The molecule has 0 bridgehead atoms. The minimum absolute atomic E-state index is 0.0125. The van der Waals surface area contributed by atoms with E-state index in [1.54, 1.807) is 6.07 Å². The van der Waals surface area contributed by atoms with Crippen LogP contribution in [0.3, 0.4) is 0 Å². The van der Waals surface area contributed by atoms with Crippen molar-refractivity contribution >= 4 is 0 Å². The molecule has 0 aromatic heterocycles. The van der Waals surface area contributed by atoms with Gasteiger partial charge in [-0.3, -0.25) is 4.90 Å². The third-order valence-corrected chi connectivity index (χ3v) is 4.41. The Morgan fingerprint density at radius 1 is 1.47 bits per heavy atom. The Hall–Kier alpha value is -0.970. The van der Waals surface area contributed by atoms with Crippen LogP contribution in [0.5, 0.6) is 0 Å². The summed E-state index contributed by atoms with van der Waals surface area (Å²) < 4.78 is 19.1. The van der Waals surface area contributed by atoms with Gasteiger partial charge in [0.1, 0.15) is 5.82 Å². The minimum atomic E-state index is -0.211. The van der Waals surface area contributed by atoms with Gasteiger partial charge in [-0.1, -0.05) is 6.07 Å². The number of rotatable bonds is 2. The lowest BCUT2D eigenvalue weighted by Gasteiger charge is -2.38. The zero-order chi connectivity index (χ0) is 13.4. The van der Waals surface area contributed by atoms with E-state index in [4.69, 9.17) is 10.5 Å². The van der Waals surface area contributed by atoms with Crippen molar-refractivity contribution in [3.8, 4) is 0 Å². The number of nitrogens with zero attached hydrogens (tertiary/aromatic N) is 1. The molecule has 3 unspecified atom stereocenters. The molecule has 0 amide bonds. The van der Waals surface area contributed by atoms with Gasteiger partial charge in [-0.15, -0.1) is 0 Å². The van der Waals surface area contributed by atoms with Gasteiger partial charge in [-0.2, -0.15) is 0 Å². The lowest BCUT2D eigenvalue weighted by atomic mass is 9.96. The van der Waals surface area contributed by atoms with E-state index in [1.807, 2.05) is 6.92 Å². The molecule has 0 aliphatic carbocycles. The first kappa shape index (κ1) is 13.0. The molecule has 0 radical (unpaired) electrons. The Balaban J connectivity index is 1.74. The van der Waals surface area contributed by atoms with Gasteiger partial charge < -0.3 is 10.5 Å². The molecule has 2 aliphatic heterocycles. The monoisotopic (exact) mass is 264 g/mol. The number of fused-ring (bicyclic) bond motifs is 1. The predicted molar refractivity (Wildman–Crippen MR) is 72.4 cm³/mol. The number of nitrogens with two attached hydrogens (primary N) is 1. The molecule has 3 rings (SSSR count). The standard InChI is InChI=1S/C15H21FN2O/c1-10-7-11(16)4-5-13(10)15(17)14-8-18-6-2-3-12(18)9-19-14/h4-5,7,12,14-15H,2-3,6,8-9,17H2,1H3. The van der Waals surface area contributed by atoms with Crippen molar-refractivity contribution in [1.29, 1.82) is 0 Å². The lowest BCUT2D eigenvalue weighted by Crippen LogP contribution is -2.49. The summed E-state index contributed by atoms with van der Waals surface area (Å²) in [7, 11) is 0. The van der Waals surface area contributed by atoms with Gasteiger partial charge in [-0.25, -0.2) is 4.39 Å². The molecule has 2 fully saturated rings. The van der Waals surface area contributed by atoms with E-state index in [1.165, 1.54) is 25.0 Å². The lowest BCUT2D eigenvalue weighted by molar-refractivity contribution is -0.0597. The van der Waals surface area contributed by atoms with E-state index >= 15 is 0 Å². The first-order valence-electron chi connectivity index (χ1n) is 7.02. The molecule has 2 saturated heterocycles. The largest absolute Gasteiger partial charge is 0.373 e. The van der Waals surface area contributed by atoms with Crippen LogP contribution < -0.4 is 5.73 Å². The maximum Gasteiger partial charge on any atom is 0.123 e. The minimum Gasteiger partial charge on any atom is -0.373 e. The Morgan fingerprint density at radius 3 is 3.11 bits per heavy atom. The van der Waals surface area contributed by atoms with Crippen LogP contribution in [0, 0.1) is 12.7 Å². The van der Waals surface area contributed by atoms with E-state index in [9.17, 15) is 4.39 Å². The first-order chi connectivity index (χ1) is 9.15. The maximum absolute atomic E-state index is 13.1. The predicted octanol–water partition coefficient (Wildman–Crippen LogP) is 2.00. The summed E-state index contributed by atoms with van der Waals surface area (Å²) in [5.74, 6) is -0.211. The van der Waals surface area contributed by atoms with Crippen molar-refractivity contribution < 1.29 is 9.13 Å². The topological polar surface area (TPSA) is 38.5 Å². The number of halogens is 1. The molecule has 2 heterocycles. The number of ether oxygens (including phenoxy) is 1. The van der Waals surface area contributed by atoms with Crippen LogP contribution in [-0.4, -0.2) is 36.7 Å². The number of aryl methyl sites for hydroxylation is 1. The first-order valence-corrected chi connectivity index (χ1v) is 7.02. The summed E-state index contributed by atoms with van der Waals surface area (Å²) in [6.07, 6.45) is 2.50. The fourth-order valence-corrected chi connectivity index (χ4v) is 3.27. The highest BCUT2D eigenvalue weighted by atomic mass is 19.1. The van der Waals surface area contributed by atoms with Gasteiger partial charge in [-0.05, 0) is 49.6 Å². The fraction of sp³-hybridized carbons (Fsp3) is 0.600. The van der Waals surface area contributed by atoms with Gasteiger partial charge in [0.15, 0.2) is 0 Å². The van der Waals surface area contributed by atoms with Crippen LogP contribution >= 0.6 is 0 Å². The van der Waals surface area contributed by atoms with Gasteiger partial charge in [0, 0.05) is 12.6 Å². The zero-order valence-corrected chi connectivity index (χ0v) is 11.3. The maximum atomic E-state index is 13.1. The molecule has 19 heavy (non-hydrogen) atoms. The molecule has 1 aromatic rings. The van der Waals surface area contributed by atoms with Crippen molar-refractivity contribution in [2.24, 2.45) is 5.73 Å². The summed E-state index contributed by atoms with van der Waals surface area (Å²) in [4.78, 5) is 2.48. The van der Waals surface area contributed by atoms with Crippen molar-refractivity contribution in [3.63, 3.8) is 0 Å². The van der Waals surface area contributed by atoms with E-state index in [-0.39, 0.29) is 18.0 Å². The highest BCUT2D eigenvalue weighted by molar-refractivity contribution is 5.30. The second-order valence-corrected chi connectivity index (χ2v) is 5.69. The molecular formula is C15H21FN2O. The summed E-state index contributed by atoms with van der Waals surface area (Å²) in [5, 5.41) is 0. The highest BCUT2D eigenvalue weighted by Gasteiger charge is 2.35. The van der Waals surface area contributed by atoms with Gasteiger partial charge in [0.05, 0.1) is 18.8 Å². The second kappa shape index (κ2) is 5.19. The van der Waals surface area contributed by atoms with Crippen molar-refractivity contribution in [1.82, 2.24) is 4.90 Å². The van der Waals surface area contributed by atoms with E-state index < -0.39 is 0 Å². The summed E-state index contributed by atoms with van der Waals surface area (Å²) in [6, 6.07) is 5.20. The molecule has 3 atom stereocenters. The highest BCUT2D eigenvalue weighted by Crippen LogP contribution is 2.28. The Kier molecular flexibility index (Phi) is 3.56. The summed E-state index contributed by atoms with van der Waals surface area (Å²) in [6.45, 7) is 4.72. The number of benzene rings is 1. The van der Waals surface area contributed by atoms with Crippen LogP contribution in [0.25, 0.3) is 0 Å². The number of morpholine rings is 1. The molecule has 1 aromatic carbocycles. The van der Waals surface area contributed by atoms with Crippen LogP contribution in [0.1, 0.15) is 30.0 Å². The average Bonchev–Trinajstić information content (AvgIpc) is 2.85.